The number of rotatable bonds is 8. The van der Waals surface area contributed by atoms with Gasteiger partial charge in [-0.1, -0.05) is 17.7 Å². The van der Waals surface area contributed by atoms with E-state index in [1.807, 2.05) is 5.32 Å². The maximum Gasteiger partial charge on any atom is 0.418 e. The van der Waals surface area contributed by atoms with Crippen molar-refractivity contribution in [2.45, 2.75) is 13.1 Å². The number of para-hydroxylation sites is 1. The molecule has 1 N–H and O–H groups in total. The molecule has 0 unspecified atom stereocenters. The van der Waals surface area contributed by atoms with Gasteiger partial charge in [0.2, 0.25) is 0 Å². The summed E-state index contributed by atoms with van der Waals surface area (Å²) in [6, 6.07) is 4.86. The predicted octanol–water partition coefficient (Wildman–Crippen LogP) is 4.47. The molecule has 0 aliphatic heterocycles. The lowest BCUT2D eigenvalue weighted by Crippen LogP contribution is -2.23. The number of methoxy groups -OCH3 is 1. The molecule has 0 saturated carbocycles. The summed E-state index contributed by atoms with van der Waals surface area (Å²) in [5, 5.41) is 12.9. The van der Waals surface area contributed by atoms with E-state index in [1.54, 1.807) is 6.92 Å². The highest BCUT2D eigenvalue weighted by atomic mass is 35.5. The minimum atomic E-state index is -4.80. The zero-order valence-corrected chi connectivity index (χ0v) is 17.4. The Morgan fingerprint density at radius 2 is 1.91 bits per heavy atom. The van der Waals surface area contributed by atoms with Gasteiger partial charge < -0.3 is 19.5 Å². The molecule has 0 spiro atoms. The van der Waals surface area contributed by atoms with E-state index in [4.69, 9.17) is 25.8 Å². The van der Waals surface area contributed by atoms with Gasteiger partial charge in [0.25, 0.3) is 11.6 Å². The number of nitro benzene ring substituents is 1. The fourth-order valence-corrected chi connectivity index (χ4v) is 2.79. The van der Waals surface area contributed by atoms with Gasteiger partial charge in [-0.25, -0.2) is 4.79 Å². The summed E-state index contributed by atoms with van der Waals surface area (Å²) in [5.74, 6) is -2.40. The first-order valence-electron chi connectivity index (χ1n) is 8.81. The first-order chi connectivity index (χ1) is 15.0. The van der Waals surface area contributed by atoms with Crippen LogP contribution in [0.2, 0.25) is 5.02 Å². The SMILES string of the molecule is CCOc1cc(C(=O)OCC(=O)Nc2c(Cl)cccc2C(F)(F)F)c([N+](=O)[O-])cc1OC. The van der Waals surface area contributed by atoms with Crippen molar-refractivity contribution in [2.75, 3.05) is 25.6 Å². The molecule has 0 bridgehead atoms. The molecular formula is C19H16ClF3N2O7. The first-order valence-corrected chi connectivity index (χ1v) is 9.19. The fourth-order valence-electron chi connectivity index (χ4n) is 2.56. The van der Waals surface area contributed by atoms with Crippen LogP contribution in [-0.4, -0.2) is 37.1 Å². The highest BCUT2D eigenvalue weighted by Gasteiger charge is 2.35. The Balaban J connectivity index is 2.22. The zero-order chi connectivity index (χ0) is 24.1. The standard InChI is InChI=1S/C19H16ClF3N2O7/c1-3-31-15-7-10(13(25(28)29)8-14(15)30-2)18(27)32-9-16(26)24-17-11(19(21,22)23)5-4-6-12(17)20/h4-8H,3,9H2,1-2H3,(H,24,26). The lowest BCUT2D eigenvalue weighted by molar-refractivity contribution is -0.385. The van der Waals surface area contributed by atoms with E-state index in [0.29, 0.717) is 6.07 Å². The van der Waals surface area contributed by atoms with Crippen LogP contribution in [0.4, 0.5) is 24.5 Å². The number of carbonyl (C=O) groups is 2. The van der Waals surface area contributed by atoms with Crippen LogP contribution < -0.4 is 14.8 Å². The molecule has 0 aromatic heterocycles. The Hall–Kier alpha value is -3.54. The second-order valence-electron chi connectivity index (χ2n) is 5.99. The molecular weight excluding hydrogens is 461 g/mol. The average Bonchev–Trinajstić information content (AvgIpc) is 2.72. The minimum absolute atomic E-state index is 0.00811. The fraction of sp³-hybridized carbons (Fsp3) is 0.263. The topological polar surface area (TPSA) is 117 Å². The summed E-state index contributed by atoms with van der Waals surface area (Å²) in [6.45, 7) is 0.756. The van der Waals surface area contributed by atoms with Crippen molar-refractivity contribution in [3.8, 4) is 11.5 Å². The van der Waals surface area contributed by atoms with E-state index in [2.05, 4.69) is 0 Å². The van der Waals surface area contributed by atoms with Gasteiger partial charge in [-0.3, -0.25) is 14.9 Å². The number of hydrogen-bond acceptors (Lipinski definition) is 7. The number of amides is 1. The third-order valence-electron chi connectivity index (χ3n) is 3.92. The van der Waals surface area contributed by atoms with Crippen LogP contribution in [0.3, 0.4) is 0 Å². The molecule has 1 amide bonds. The van der Waals surface area contributed by atoms with Gasteiger partial charge in [0.1, 0.15) is 5.56 Å². The number of hydrogen-bond donors (Lipinski definition) is 1. The number of anilines is 1. The number of ether oxygens (including phenoxy) is 3. The molecule has 0 atom stereocenters. The Labute approximate surface area is 184 Å². The summed E-state index contributed by atoms with van der Waals surface area (Å²) in [6.07, 6.45) is -4.80. The normalized spacial score (nSPS) is 10.9. The van der Waals surface area contributed by atoms with Crippen LogP contribution in [0, 0.1) is 10.1 Å². The van der Waals surface area contributed by atoms with Crippen molar-refractivity contribution in [2.24, 2.45) is 0 Å². The Morgan fingerprint density at radius 3 is 2.47 bits per heavy atom. The van der Waals surface area contributed by atoms with Crippen LogP contribution in [0.1, 0.15) is 22.8 Å². The van der Waals surface area contributed by atoms with E-state index in [0.717, 1.165) is 24.3 Å². The van der Waals surface area contributed by atoms with Gasteiger partial charge in [0, 0.05) is 6.07 Å². The second kappa shape index (κ2) is 10.2. The molecule has 9 nitrogen and oxygen atoms in total. The molecule has 2 rings (SSSR count). The highest BCUT2D eigenvalue weighted by Crippen LogP contribution is 2.38. The number of benzene rings is 2. The third-order valence-corrected chi connectivity index (χ3v) is 4.23. The van der Waals surface area contributed by atoms with Gasteiger partial charge in [0.15, 0.2) is 18.1 Å². The molecule has 0 saturated heterocycles. The van der Waals surface area contributed by atoms with Crippen LogP contribution >= 0.6 is 11.6 Å². The zero-order valence-electron chi connectivity index (χ0n) is 16.6. The quantitative estimate of drug-likeness (QED) is 0.339. The van der Waals surface area contributed by atoms with Gasteiger partial charge in [0.05, 0.1) is 41.0 Å². The summed E-state index contributed by atoms with van der Waals surface area (Å²) in [4.78, 5) is 34.9. The van der Waals surface area contributed by atoms with E-state index in [1.165, 1.54) is 7.11 Å². The number of nitrogens with one attached hydrogen (secondary N) is 1. The predicted molar refractivity (Wildman–Crippen MR) is 106 cm³/mol. The minimum Gasteiger partial charge on any atom is -0.493 e. The van der Waals surface area contributed by atoms with Crippen molar-refractivity contribution < 1.29 is 41.9 Å². The summed E-state index contributed by atoms with van der Waals surface area (Å²) < 4.78 is 54.3. The smallest absolute Gasteiger partial charge is 0.418 e. The molecule has 13 heteroatoms. The van der Waals surface area contributed by atoms with Crippen molar-refractivity contribution >= 4 is 34.9 Å². The van der Waals surface area contributed by atoms with Crippen LogP contribution in [-0.2, 0) is 15.7 Å². The first kappa shape index (κ1) is 24.7. The molecule has 0 radical (unpaired) electrons. The highest BCUT2D eigenvalue weighted by molar-refractivity contribution is 6.34. The van der Waals surface area contributed by atoms with E-state index in [-0.39, 0.29) is 23.1 Å². The number of esters is 1. The van der Waals surface area contributed by atoms with Crippen molar-refractivity contribution in [1.29, 1.82) is 0 Å². The lowest BCUT2D eigenvalue weighted by Gasteiger charge is -2.15. The van der Waals surface area contributed by atoms with Gasteiger partial charge in [-0.05, 0) is 19.1 Å². The maximum absolute atomic E-state index is 13.1. The number of alkyl halides is 3. The average molecular weight is 477 g/mol. The van der Waals surface area contributed by atoms with Crippen LogP contribution in [0.25, 0.3) is 0 Å². The number of nitrogens with zero attached hydrogens (tertiary/aromatic N) is 1. The van der Waals surface area contributed by atoms with E-state index >= 15 is 0 Å². The largest absolute Gasteiger partial charge is 0.493 e. The van der Waals surface area contributed by atoms with E-state index in [9.17, 15) is 32.9 Å². The Kier molecular flexibility index (Phi) is 7.87. The van der Waals surface area contributed by atoms with Gasteiger partial charge in [-0.2, -0.15) is 13.2 Å². The molecule has 0 aliphatic carbocycles. The van der Waals surface area contributed by atoms with E-state index < -0.39 is 52.1 Å². The molecule has 0 heterocycles. The van der Waals surface area contributed by atoms with Gasteiger partial charge >= 0.3 is 12.1 Å². The Morgan fingerprint density at radius 1 is 1.22 bits per heavy atom. The molecule has 172 valence electrons. The van der Waals surface area contributed by atoms with Crippen molar-refractivity contribution in [1.82, 2.24) is 0 Å². The molecule has 0 aliphatic rings. The summed E-state index contributed by atoms with van der Waals surface area (Å²) in [7, 11) is 1.24. The molecule has 0 fully saturated rings. The van der Waals surface area contributed by atoms with Gasteiger partial charge in [-0.15, -0.1) is 0 Å². The Bertz CT molecular complexity index is 1040. The summed E-state index contributed by atoms with van der Waals surface area (Å²) in [5.41, 5.74) is -3.13. The number of carbonyl (C=O) groups excluding carboxylic acids is 2. The molecule has 32 heavy (non-hydrogen) atoms. The number of halogens is 4. The number of nitro groups is 1. The third kappa shape index (κ3) is 5.78. The van der Waals surface area contributed by atoms with Crippen molar-refractivity contribution in [3.63, 3.8) is 0 Å². The monoisotopic (exact) mass is 476 g/mol. The second-order valence-corrected chi connectivity index (χ2v) is 6.40. The lowest BCUT2D eigenvalue weighted by atomic mass is 10.1. The molecule has 2 aromatic rings. The van der Waals surface area contributed by atoms with Crippen LogP contribution in [0.5, 0.6) is 11.5 Å². The maximum atomic E-state index is 13.1. The summed E-state index contributed by atoms with van der Waals surface area (Å²) >= 11 is 5.75. The van der Waals surface area contributed by atoms with Crippen molar-refractivity contribution in [3.05, 3.63) is 56.6 Å². The molecule has 2 aromatic carbocycles. The van der Waals surface area contributed by atoms with Crippen LogP contribution in [0.15, 0.2) is 30.3 Å².